The topological polar surface area (TPSA) is 84.7 Å². The molecule has 1 aliphatic heterocycles. The summed E-state index contributed by atoms with van der Waals surface area (Å²) in [6.07, 6.45) is -0.910. The average molecular weight is 384 g/mol. The first kappa shape index (κ1) is 19.8. The highest BCUT2D eigenvalue weighted by atomic mass is 16.5. The van der Waals surface area contributed by atoms with Crippen LogP contribution >= 0.6 is 0 Å². The number of nitrogens with zero attached hydrogens (tertiary/aromatic N) is 4. The molecule has 3 rings (SSSR count). The zero-order chi connectivity index (χ0) is 20.1. The molecule has 0 spiro atoms. The van der Waals surface area contributed by atoms with Gasteiger partial charge in [-0.05, 0) is 18.6 Å². The van der Waals surface area contributed by atoms with Crippen molar-refractivity contribution in [3.8, 4) is 0 Å². The molecule has 1 atom stereocenters. The number of benzene rings is 1. The number of esters is 1. The monoisotopic (exact) mass is 384 g/mol. The van der Waals surface area contributed by atoms with Gasteiger partial charge in [0.15, 0.2) is 11.8 Å². The molecular formula is C20H24N4O4. The fourth-order valence-corrected chi connectivity index (χ4v) is 3.11. The third-order valence-electron chi connectivity index (χ3n) is 4.73. The number of piperazine rings is 1. The molecule has 2 aromatic rings. The molecule has 0 bridgehead atoms. The molecule has 0 N–H and O–H groups in total. The Hall–Kier alpha value is -3.00. The summed E-state index contributed by atoms with van der Waals surface area (Å²) in [6, 6.07) is 12.7. The Morgan fingerprint density at radius 2 is 1.75 bits per heavy atom. The fraction of sp³-hybridized carbons (Fsp3) is 0.400. The Balaban J connectivity index is 1.50. The molecule has 8 nitrogen and oxygen atoms in total. The number of ether oxygens (including phenoxy) is 1. The highest BCUT2D eigenvalue weighted by molar-refractivity contribution is 5.90. The fourth-order valence-electron chi connectivity index (χ4n) is 3.11. The van der Waals surface area contributed by atoms with Crippen molar-refractivity contribution >= 4 is 11.9 Å². The van der Waals surface area contributed by atoms with Gasteiger partial charge in [0.25, 0.3) is 11.5 Å². The predicted octanol–water partition coefficient (Wildman–Crippen LogP) is 0.670. The van der Waals surface area contributed by atoms with Crippen molar-refractivity contribution in [3.63, 3.8) is 0 Å². The van der Waals surface area contributed by atoms with Crippen LogP contribution in [0.5, 0.6) is 0 Å². The molecule has 148 valence electrons. The average Bonchev–Trinajstić information content (AvgIpc) is 2.70. The lowest BCUT2D eigenvalue weighted by atomic mass is 10.2. The van der Waals surface area contributed by atoms with Crippen LogP contribution in [-0.2, 0) is 23.1 Å². The van der Waals surface area contributed by atoms with Crippen LogP contribution in [0, 0.1) is 0 Å². The van der Waals surface area contributed by atoms with Crippen LogP contribution in [0.2, 0.25) is 0 Å². The van der Waals surface area contributed by atoms with E-state index in [9.17, 15) is 14.4 Å². The lowest BCUT2D eigenvalue weighted by molar-refractivity contribution is -0.141. The summed E-state index contributed by atoms with van der Waals surface area (Å²) in [5.74, 6) is -0.948. The number of aromatic nitrogens is 2. The van der Waals surface area contributed by atoms with E-state index in [1.807, 2.05) is 18.2 Å². The van der Waals surface area contributed by atoms with Gasteiger partial charge in [-0.15, -0.1) is 0 Å². The van der Waals surface area contributed by atoms with Crippen molar-refractivity contribution < 1.29 is 14.3 Å². The Bertz CT molecular complexity index is 889. The van der Waals surface area contributed by atoms with Gasteiger partial charge in [-0.3, -0.25) is 14.5 Å². The maximum absolute atomic E-state index is 12.6. The minimum Gasteiger partial charge on any atom is -0.448 e. The van der Waals surface area contributed by atoms with Crippen LogP contribution in [0.3, 0.4) is 0 Å². The zero-order valence-corrected chi connectivity index (χ0v) is 16.1. The molecule has 1 aliphatic rings. The van der Waals surface area contributed by atoms with Gasteiger partial charge in [0.2, 0.25) is 0 Å². The molecule has 1 fully saturated rings. The lowest BCUT2D eigenvalue weighted by Crippen LogP contribution is -2.51. The molecule has 1 aromatic heterocycles. The van der Waals surface area contributed by atoms with Crippen molar-refractivity contribution in [3.05, 3.63) is 64.1 Å². The number of rotatable bonds is 5. The second kappa shape index (κ2) is 8.79. The van der Waals surface area contributed by atoms with Gasteiger partial charge in [-0.25, -0.2) is 9.48 Å². The Kier molecular flexibility index (Phi) is 6.20. The predicted molar refractivity (Wildman–Crippen MR) is 103 cm³/mol. The van der Waals surface area contributed by atoms with Crippen molar-refractivity contribution in [2.24, 2.45) is 7.05 Å². The number of hydrogen-bond acceptors (Lipinski definition) is 6. The van der Waals surface area contributed by atoms with Crippen LogP contribution in [-0.4, -0.2) is 63.7 Å². The van der Waals surface area contributed by atoms with E-state index in [1.54, 1.807) is 11.8 Å². The molecule has 0 radical (unpaired) electrons. The summed E-state index contributed by atoms with van der Waals surface area (Å²) in [5, 5.41) is 3.85. The van der Waals surface area contributed by atoms with Gasteiger partial charge >= 0.3 is 5.97 Å². The van der Waals surface area contributed by atoms with Gasteiger partial charge in [-0.2, -0.15) is 5.10 Å². The molecule has 1 amide bonds. The second-order valence-electron chi connectivity index (χ2n) is 6.81. The molecule has 0 saturated carbocycles. The van der Waals surface area contributed by atoms with Crippen LogP contribution in [0.1, 0.15) is 23.0 Å². The summed E-state index contributed by atoms with van der Waals surface area (Å²) < 4.78 is 6.30. The van der Waals surface area contributed by atoms with Crippen LogP contribution in [0.4, 0.5) is 0 Å². The van der Waals surface area contributed by atoms with E-state index in [-0.39, 0.29) is 17.2 Å². The van der Waals surface area contributed by atoms with Gasteiger partial charge in [0.1, 0.15) is 0 Å². The van der Waals surface area contributed by atoms with E-state index in [2.05, 4.69) is 22.1 Å². The van der Waals surface area contributed by atoms with Crippen molar-refractivity contribution in [2.75, 3.05) is 26.2 Å². The van der Waals surface area contributed by atoms with E-state index < -0.39 is 12.1 Å². The minimum absolute atomic E-state index is 0.00516. The van der Waals surface area contributed by atoms with E-state index in [0.29, 0.717) is 13.1 Å². The van der Waals surface area contributed by atoms with Crippen molar-refractivity contribution in [1.29, 1.82) is 0 Å². The van der Waals surface area contributed by atoms with Gasteiger partial charge < -0.3 is 9.64 Å². The smallest absolute Gasteiger partial charge is 0.359 e. The maximum Gasteiger partial charge on any atom is 0.359 e. The van der Waals surface area contributed by atoms with E-state index in [4.69, 9.17) is 4.74 Å². The molecule has 0 aliphatic carbocycles. The highest BCUT2D eigenvalue weighted by Gasteiger charge is 2.28. The second-order valence-corrected chi connectivity index (χ2v) is 6.81. The molecule has 1 aromatic carbocycles. The Morgan fingerprint density at radius 1 is 1.07 bits per heavy atom. The largest absolute Gasteiger partial charge is 0.448 e. The maximum atomic E-state index is 12.6. The highest BCUT2D eigenvalue weighted by Crippen LogP contribution is 2.11. The number of hydrogen-bond donors (Lipinski definition) is 0. The number of amides is 1. The first-order valence-corrected chi connectivity index (χ1v) is 9.24. The SMILES string of the molecule is CC(OC(=O)c1ccc(=O)n(C)n1)C(=O)N1CCN(Cc2ccccc2)CC1. The molecule has 8 heteroatoms. The lowest BCUT2D eigenvalue weighted by Gasteiger charge is -2.35. The summed E-state index contributed by atoms with van der Waals surface area (Å²) in [5.41, 5.74) is 0.915. The molecule has 1 unspecified atom stereocenters. The molecular weight excluding hydrogens is 360 g/mol. The summed E-state index contributed by atoms with van der Waals surface area (Å²) >= 11 is 0. The quantitative estimate of drug-likeness (QED) is 0.705. The van der Waals surface area contributed by atoms with Crippen LogP contribution in [0.25, 0.3) is 0 Å². The standard InChI is InChI=1S/C20H24N4O4/c1-15(28-20(27)17-8-9-18(25)22(2)21-17)19(26)24-12-10-23(11-13-24)14-16-6-4-3-5-7-16/h3-9,15H,10-14H2,1-2H3. The molecule has 1 saturated heterocycles. The third-order valence-corrected chi connectivity index (χ3v) is 4.73. The van der Waals surface area contributed by atoms with E-state index >= 15 is 0 Å². The van der Waals surface area contributed by atoms with E-state index in [0.717, 1.165) is 24.3 Å². The van der Waals surface area contributed by atoms with Crippen LogP contribution < -0.4 is 5.56 Å². The van der Waals surface area contributed by atoms with Gasteiger partial charge in [0, 0.05) is 45.8 Å². The molecule has 28 heavy (non-hydrogen) atoms. The zero-order valence-electron chi connectivity index (χ0n) is 16.1. The number of carbonyl (C=O) groups excluding carboxylic acids is 2. The number of aryl methyl sites for hydroxylation is 1. The Labute approximate surface area is 163 Å². The Morgan fingerprint density at radius 3 is 2.39 bits per heavy atom. The third kappa shape index (κ3) is 4.83. The van der Waals surface area contributed by atoms with Gasteiger partial charge in [0.05, 0.1) is 0 Å². The normalized spacial score (nSPS) is 15.9. The van der Waals surface area contributed by atoms with Crippen LogP contribution in [0.15, 0.2) is 47.3 Å². The van der Waals surface area contributed by atoms with E-state index in [1.165, 1.54) is 24.7 Å². The minimum atomic E-state index is -0.910. The van der Waals surface area contributed by atoms with Crippen molar-refractivity contribution in [1.82, 2.24) is 19.6 Å². The van der Waals surface area contributed by atoms with Crippen molar-refractivity contribution in [2.45, 2.75) is 19.6 Å². The first-order valence-electron chi connectivity index (χ1n) is 9.24. The van der Waals surface area contributed by atoms with Gasteiger partial charge in [-0.1, -0.05) is 30.3 Å². The summed E-state index contributed by atoms with van der Waals surface area (Å²) in [4.78, 5) is 40.2. The summed E-state index contributed by atoms with van der Waals surface area (Å²) in [6.45, 7) is 5.12. The molecule has 2 heterocycles. The number of carbonyl (C=O) groups is 2. The summed E-state index contributed by atoms with van der Waals surface area (Å²) in [7, 11) is 1.45. The first-order chi connectivity index (χ1) is 13.4.